The summed E-state index contributed by atoms with van der Waals surface area (Å²) >= 11 is 0. The van der Waals surface area contributed by atoms with Crippen molar-refractivity contribution in [3.05, 3.63) is 35.9 Å². The summed E-state index contributed by atoms with van der Waals surface area (Å²) < 4.78 is 30.4. The number of nitriles is 1. The van der Waals surface area contributed by atoms with Gasteiger partial charge in [-0.1, -0.05) is 25.0 Å². The molecule has 0 radical (unpaired) electrons. The highest BCUT2D eigenvalue weighted by molar-refractivity contribution is 7.91. The van der Waals surface area contributed by atoms with Crippen LogP contribution in [0.5, 0.6) is 0 Å². The van der Waals surface area contributed by atoms with Gasteiger partial charge in [-0.05, 0) is 68.9 Å². The van der Waals surface area contributed by atoms with E-state index < -0.39 is 15.3 Å². The van der Waals surface area contributed by atoms with Crippen LogP contribution in [0.25, 0.3) is 11.3 Å². The molecule has 1 aromatic carbocycles. The maximum atomic E-state index is 13.6. The Labute approximate surface area is 230 Å². The van der Waals surface area contributed by atoms with Crippen LogP contribution in [-0.4, -0.2) is 43.8 Å². The number of sulfone groups is 1. The molecular formula is C31H37N3O4S. The largest absolute Gasteiger partial charge is 0.444 e. The van der Waals surface area contributed by atoms with Crippen LogP contribution in [0.1, 0.15) is 87.7 Å². The summed E-state index contributed by atoms with van der Waals surface area (Å²) in [5.74, 6) is 4.21. The molecule has 1 aliphatic heterocycles. The van der Waals surface area contributed by atoms with Crippen molar-refractivity contribution < 1.29 is 17.6 Å². The van der Waals surface area contributed by atoms with Gasteiger partial charge in [0.1, 0.15) is 17.2 Å². The third kappa shape index (κ3) is 4.92. The molecule has 5 fully saturated rings. The molecule has 7 nitrogen and oxygen atoms in total. The minimum Gasteiger partial charge on any atom is -0.444 e. The zero-order valence-electron chi connectivity index (χ0n) is 22.5. The molecule has 0 N–H and O–H groups in total. The van der Waals surface area contributed by atoms with Gasteiger partial charge >= 0.3 is 0 Å². The van der Waals surface area contributed by atoms with Crippen molar-refractivity contribution in [2.45, 2.75) is 76.0 Å². The number of anilines is 1. The molecule has 2 aromatic rings. The number of hydrogen-bond acceptors (Lipinski definition) is 7. The Kier molecular flexibility index (Phi) is 6.15. The molecule has 8 heteroatoms. The monoisotopic (exact) mass is 547 g/mol. The third-order valence-electron chi connectivity index (χ3n) is 10.2. The van der Waals surface area contributed by atoms with E-state index >= 15 is 0 Å². The topological polar surface area (TPSA) is 104 Å². The van der Waals surface area contributed by atoms with Crippen LogP contribution in [0.2, 0.25) is 0 Å². The van der Waals surface area contributed by atoms with Crippen LogP contribution < -0.4 is 4.90 Å². The quantitative estimate of drug-likeness (QED) is 0.443. The molecule has 39 heavy (non-hydrogen) atoms. The van der Waals surface area contributed by atoms with Gasteiger partial charge in [0.15, 0.2) is 15.7 Å². The van der Waals surface area contributed by atoms with Crippen LogP contribution in [0, 0.1) is 34.5 Å². The van der Waals surface area contributed by atoms with Gasteiger partial charge in [0.25, 0.3) is 0 Å². The molecule has 206 valence electrons. The zero-order valence-corrected chi connectivity index (χ0v) is 23.3. The Morgan fingerprint density at radius 1 is 1.05 bits per heavy atom. The van der Waals surface area contributed by atoms with Crippen LogP contribution in [-0.2, 0) is 14.6 Å². The highest BCUT2D eigenvalue weighted by atomic mass is 32.2. The SMILES string of the molecule is N#CC1(CC(=O)[C@@H]2CCCC[C@H]2c2oc(C3CC4CC4C3)nc2-c2ccc(N3CCS(=O)(=O)CC3)cc2)CC1. The first-order valence-electron chi connectivity index (χ1n) is 14.8. The van der Waals surface area contributed by atoms with E-state index in [0.29, 0.717) is 25.4 Å². The van der Waals surface area contributed by atoms with Gasteiger partial charge in [0.05, 0.1) is 23.0 Å². The Hall–Kier alpha value is -2.66. The molecule has 4 atom stereocenters. The Morgan fingerprint density at radius 2 is 1.74 bits per heavy atom. The molecular weight excluding hydrogens is 510 g/mol. The smallest absolute Gasteiger partial charge is 0.198 e. The van der Waals surface area contributed by atoms with Crippen LogP contribution in [0.15, 0.2) is 28.7 Å². The van der Waals surface area contributed by atoms with Crippen molar-refractivity contribution >= 4 is 21.3 Å². The predicted molar refractivity (Wildman–Crippen MR) is 148 cm³/mol. The molecule has 0 amide bonds. The van der Waals surface area contributed by atoms with E-state index in [1.165, 1.54) is 6.42 Å². The lowest BCUT2D eigenvalue weighted by molar-refractivity contribution is -0.125. The average molecular weight is 548 g/mol. The van der Waals surface area contributed by atoms with Crippen molar-refractivity contribution in [3.8, 4) is 17.3 Å². The lowest BCUT2D eigenvalue weighted by Gasteiger charge is -2.30. The first-order valence-corrected chi connectivity index (χ1v) is 16.7. The predicted octanol–water partition coefficient (Wildman–Crippen LogP) is 5.63. The number of nitrogens with zero attached hydrogens (tertiary/aromatic N) is 3. The molecule has 2 unspecified atom stereocenters. The second-order valence-electron chi connectivity index (χ2n) is 12.9. The first-order chi connectivity index (χ1) is 18.8. The van der Waals surface area contributed by atoms with Gasteiger partial charge in [0.2, 0.25) is 0 Å². The zero-order chi connectivity index (χ0) is 26.8. The molecule has 4 saturated carbocycles. The molecule has 1 saturated heterocycles. The Balaban J connectivity index is 1.19. The van der Waals surface area contributed by atoms with Crippen molar-refractivity contribution in [2.24, 2.45) is 23.2 Å². The highest BCUT2D eigenvalue weighted by Crippen LogP contribution is 2.58. The summed E-state index contributed by atoms with van der Waals surface area (Å²) in [5.41, 5.74) is 2.45. The number of rotatable bonds is 7. The fraction of sp³-hybridized carbons (Fsp3) is 0.645. The molecule has 0 bridgehead atoms. The van der Waals surface area contributed by atoms with Crippen molar-refractivity contribution in [2.75, 3.05) is 29.5 Å². The van der Waals surface area contributed by atoms with E-state index in [1.807, 2.05) is 0 Å². The second-order valence-corrected chi connectivity index (χ2v) is 15.2. The van der Waals surface area contributed by atoms with Crippen LogP contribution >= 0.6 is 0 Å². The molecule has 0 spiro atoms. The summed E-state index contributed by atoms with van der Waals surface area (Å²) in [6.07, 6.45) is 9.55. The van der Waals surface area contributed by atoms with Gasteiger partial charge in [0, 0.05) is 48.5 Å². The highest BCUT2D eigenvalue weighted by Gasteiger charge is 2.49. The number of benzene rings is 1. The molecule has 7 rings (SSSR count). The standard InChI is InChI=1S/C31H37N3O4S/c32-19-31(9-10-31)18-27(35)25-3-1-2-4-26(25)29-28(33-30(38-29)23-16-21-15-22(21)17-23)20-5-7-24(8-6-20)34-11-13-39(36,37)14-12-34/h5-8,21-23,25-26H,1-4,9-18H2/t21?,22?,23?,25-,26-/m1/s1. The Bertz CT molecular complexity index is 1390. The fourth-order valence-electron chi connectivity index (χ4n) is 7.47. The number of ketones is 1. The molecule has 1 aromatic heterocycles. The molecule has 4 aliphatic carbocycles. The lowest BCUT2D eigenvalue weighted by atomic mass is 9.73. The van der Waals surface area contributed by atoms with E-state index in [9.17, 15) is 18.5 Å². The molecule has 2 heterocycles. The van der Waals surface area contributed by atoms with Crippen LogP contribution in [0.4, 0.5) is 5.69 Å². The van der Waals surface area contributed by atoms with Crippen molar-refractivity contribution in [3.63, 3.8) is 0 Å². The maximum absolute atomic E-state index is 13.6. The first kappa shape index (κ1) is 25.3. The van der Waals surface area contributed by atoms with Crippen molar-refractivity contribution in [1.82, 2.24) is 4.98 Å². The minimum absolute atomic E-state index is 0.0000852. The van der Waals surface area contributed by atoms with Gasteiger partial charge in [-0.2, -0.15) is 5.26 Å². The van der Waals surface area contributed by atoms with E-state index in [-0.39, 0.29) is 29.1 Å². The number of hydrogen-bond donors (Lipinski definition) is 0. The van der Waals surface area contributed by atoms with E-state index in [0.717, 1.165) is 91.8 Å². The number of oxazole rings is 1. The van der Waals surface area contributed by atoms with E-state index in [4.69, 9.17) is 9.40 Å². The summed E-state index contributed by atoms with van der Waals surface area (Å²) in [7, 11) is -2.93. The summed E-state index contributed by atoms with van der Waals surface area (Å²) in [4.78, 5) is 20.8. The van der Waals surface area contributed by atoms with Crippen LogP contribution in [0.3, 0.4) is 0 Å². The number of aromatic nitrogens is 1. The summed E-state index contributed by atoms with van der Waals surface area (Å²) in [6, 6.07) is 10.7. The minimum atomic E-state index is -2.93. The van der Waals surface area contributed by atoms with Gasteiger partial charge in [-0.25, -0.2) is 13.4 Å². The number of carbonyl (C=O) groups excluding carboxylic acids is 1. The summed E-state index contributed by atoms with van der Waals surface area (Å²) in [6.45, 7) is 1.03. The van der Waals surface area contributed by atoms with E-state index in [2.05, 4.69) is 35.2 Å². The average Bonchev–Trinajstić information content (AvgIpc) is 3.79. The Morgan fingerprint density at radius 3 is 2.41 bits per heavy atom. The third-order valence-corrected chi connectivity index (χ3v) is 11.8. The van der Waals surface area contributed by atoms with Gasteiger partial charge in [-0.15, -0.1) is 0 Å². The number of carbonyl (C=O) groups is 1. The number of fused-ring (bicyclic) bond motifs is 1. The maximum Gasteiger partial charge on any atom is 0.198 e. The van der Waals surface area contributed by atoms with Crippen molar-refractivity contribution in [1.29, 1.82) is 5.26 Å². The number of Topliss-reactive ketones (excluding diaryl/α,β-unsaturated/α-hetero) is 1. The lowest BCUT2D eigenvalue weighted by Crippen LogP contribution is -2.40. The summed E-state index contributed by atoms with van der Waals surface area (Å²) in [5, 5.41) is 9.61. The second kappa shape index (κ2) is 9.47. The van der Waals surface area contributed by atoms with Gasteiger partial charge in [-0.3, -0.25) is 4.79 Å². The molecule has 5 aliphatic rings. The van der Waals surface area contributed by atoms with Gasteiger partial charge < -0.3 is 9.32 Å². The fourth-order valence-corrected chi connectivity index (χ4v) is 8.67. The van der Waals surface area contributed by atoms with E-state index in [1.54, 1.807) is 0 Å². The normalized spacial score (nSPS) is 32.3.